The Morgan fingerprint density at radius 2 is 1.35 bits per heavy atom. The van der Waals surface area contributed by atoms with Crippen LogP contribution in [-0.2, 0) is 62.3 Å². The molecule has 3 rings (SSSR count). The van der Waals surface area contributed by atoms with E-state index in [0.717, 1.165) is 57.1 Å². The Hall–Kier alpha value is -3.80. The summed E-state index contributed by atoms with van der Waals surface area (Å²) in [7, 11) is 5.02. The second-order valence-corrected chi connectivity index (χ2v) is 13.0. The zero-order chi connectivity index (χ0) is 36.9. The minimum atomic E-state index is -0.465. The van der Waals surface area contributed by atoms with Gasteiger partial charge in [0.15, 0.2) is 0 Å². The van der Waals surface area contributed by atoms with Crippen LogP contribution in [0.15, 0.2) is 47.6 Å². The second-order valence-electron chi connectivity index (χ2n) is 10.3. The van der Waals surface area contributed by atoms with Crippen LogP contribution in [0.2, 0.25) is 0 Å². The molecule has 2 aromatic heterocycles. The van der Waals surface area contributed by atoms with Gasteiger partial charge in [-0.1, -0.05) is 0 Å². The van der Waals surface area contributed by atoms with Crippen molar-refractivity contribution in [2.75, 3.05) is 7.11 Å². The topological polar surface area (TPSA) is 195 Å². The van der Waals surface area contributed by atoms with Crippen LogP contribution in [0.4, 0.5) is 0 Å². The number of hydrogen-bond acceptors (Lipinski definition) is 9. The molecule has 0 aliphatic heterocycles. The first kappa shape index (κ1) is 42.2. The first-order valence-corrected chi connectivity index (χ1v) is 17.2. The number of methoxy groups -OCH3 is 1. The van der Waals surface area contributed by atoms with Crippen molar-refractivity contribution in [2.24, 2.45) is 19.9 Å². The summed E-state index contributed by atoms with van der Waals surface area (Å²) in [6.45, 7) is 12.7. The molecular weight excluding hydrogens is 960 g/mol. The number of carbonyl (C=O) groups excluding carboxylic acids is 4. The van der Waals surface area contributed by atoms with Gasteiger partial charge >= 0.3 is 234 Å². The van der Waals surface area contributed by atoms with Gasteiger partial charge in [-0.2, -0.15) is 5.10 Å². The molecule has 0 radical (unpaired) electrons. The van der Waals surface area contributed by atoms with Gasteiger partial charge in [-0.25, -0.2) is 5.84 Å². The van der Waals surface area contributed by atoms with Gasteiger partial charge in [0.05, 0.1) is 5.69 Å². The summed E-state index contributed by atoms with van der Waals surface area (Å²) in [5.41, 5.74) is 13.6. The van der Waals surface area contributed by atoms with Gasteiger partial charge in [0, 0.05) is 12.6 Å². The Labute approximate surface area is 301 Å². The number of aryl methyl sites for hydroxylation is 4. The van der Waals surface area contributed by atoms with Gasteiger partial charge in [0.2, 0.25) is 0 Å². The number of aliphatic hydroxyl groups is 1. The van der Waals surface area contributed by atoms with Crippen molar-refractivity contribution in [1.29, 1.82) is 0 Å². The predicted octanol–water partition coefficient (Wildman–Crippen LogP) is 1.94. The van der Waals surface area contributed by atoms with Gasteiger partial charge < -0.3 is 0 Å². The fourth-order valence-corrected chi connectivity index (χ4v) is 4.78. The summed E-state index contributed by atoms with van der Waals surface area (Å²) < 4.78 is 9.19. The number of nitrogens with zero attached hydrogens (tertiary/aromatic N) is 4. The molecule has 1 aromatic carbocycles. The first-order valence-electron chi connectivity index (χ1n) is 14.3. The summed E-state index contributed by atoms with van der Waals surface area (Å²) in [6, 6.07) is 6.53. The zero-order valence-electron chi connectivity index (χ0n) is 28.6. The molecule has 3 aromatic rings. The van der Waals surface area contributed by atoms with Crippen molar-refractivity contribution < 1.29 is 67.7 Å². The van der Waals surface area contributed by atoms with E-state index in [9.17, 15) is 24.3 Å². The Balaban J connectivity index is 0.000000393. The van der Waals surface area contributed by atoms with Crippen molar-refractivity contribution >= 4 is 31.7 Å². The molecule has 0 saturated carbocycles. The molecule has 0 bridgehead atoms. The number of ether oxygens (including phenoxy) is 1. The molecule has 48 heavy (non-hydrogen) atoms. The van der Waals surface area contributed by atoms with Crippen LogP contribution in [0.5, 0.6) is 0 Å². The Morgan fingerprint density at radius 3 is 1.75 bits per heavy atom. The van der Waals surface area contributed by atoms with Crippen LogP contribution in [0.25, 0.3) is 0 Å². The van der Waals surface area contributed by atoms with Gasteiger partial charge in [-0.3, -0.25) is 14.9 Å². The third-order valence-corrected chi connectivity index (χ3v) is 9.46. The maximum absolute atomic E-state index is 12.2. The number of hydrogen-bond donors (Lipinski definition) is 5. The van der Waals surface area contributed by atoms with E-state index in [2.05, 4.69) is 26.5 Å². The number of nitrogens with two attached hydrogens (primary N) is 1. The minimum absolute atomic E-state index is 0.0840. The van der Waals surface area contributed by atoms with Crippen LogP contribution in [0.1, 0.15) is 80.2 Å². The summed E-state index contributed by atoms with van der Waals surface area (Å²) >= 11 is 2.18. The maximum atomic E-state index is 12.2. The van der Waals surface area contributed by atoms with E-state index >= 15 is 0 Å². The van der Waals surface area contributed by atoms with E-state index in [1.807, 2.05) is 46.8 Å². The number of Topliss-reactive ketones (excluding diaryl/α,β-unsaturated/α-hetero) is 1. The molecule has 0 saturated heterocycles. The van der Waals surface area contributed by atoms with E-state index in [0.29, 0.717) is 22.5 Å². The molecule has 0 aliphatic carbocycles. The van der Waals surface area contributed by atoms with Crippen LogP contribution in [0, 0.1) is 27.7 Å². The average Bonchev–Trinajstić information content (AvgIpc) is 3.46. The molecule has 2 heterocycles. The number of amides is 3. The third-order valence-electron chi connectivity index (χ3n) is 6.86. The Bertz CT molecular complexity index is 1770. The Morgan fingerprint density at radius 1 is 0.875 bits per heavy atom. The fourth-order valence-electron chi connectivity index (χ4n) is 4.11. The van der Waals surface area contributed by atoms with Crippen LogP contribution in [-0.4, -0.2) is 63.5 Å². The number of allylic oxidation sites excluding steroid dienone is 3. The van der Waals surface area contributed by atoms with Crippen molar-refractivity contribution in [3.05, 3.63) is 92.6 Å². The quantitative estimate of drug-likeness (QED) is 0.0738. The molecule has 14 nitrogen and oxygen atoms in total. The predicted molar refractivity (Wildman–Crippen MR) is 175 cm³/mol. The number of nitrogens with one attached hydrogen (secondary N) is 3. The number of aromatic nitrogens is 4. The SMILES string of the molecule is C/C=C(\C=C(/C)[C](=[W])OC)C(C)=O.Cc1nn(C)c(C(=O)NN)c1C.Cc1nn(C)c(C(=O)NNC(=O)c2cccc([C](O)=[W])c2)c1C. The fraction of sp³-hybridized carbons (Fsp3) is 0.312. The molecular formula is C32H42N8O6W2. The van der Waals surface area contributed by atoms with Crippen molar-refractivity contribution in [3.8, 4) is 0 Å². The van der Waals surface area contributed by atoms with Crippen LogP contribution in [0.3, 0.4) is 0 Å². The number of carbonyl (C=O) groups is 4. The third kappa shape index (κ3) is 12.0. The van der Waals surface area contributed by atoms with Crippen molar-refractivity contribution in [3.63, 3.8) is 0 Å². The normalized spacial score (nSPS) is 10.9. The van der Waals surface area contributed by atoms with Gasteiger partial charge in [-0.15, -0.1) is 0 Å². The van der Waals surface area contributed by atoms with E-state index in [1.54, 1.807) is 59.3 Å². The summed E-state index contributed by atoms with van der Waals surface area (Å²) in [5.74, 6) is 3.88. The first-order chi connectivity index (χ1) is 22.4. The van der Waals surface area contributed by atoms with Crippen LogP contribution < -0.4 is 22.1 Å². The average molecular weight is 1000 g/mol. The molecule has 16 heteroatoms. The molecule has 0 fully saturated rings. The number of hydrazine groups is 2. The summed E-state index contributed by atoms with van der Waals surface area (Å²) in [4.78, 5) is 46.5. The molecule has 3 amide bonds. The van der Waals surface area contributed by atoms with E-state index in [4.69, 9.17) is 10.6 Å². The van der Waals surface area contributed by atoms with E-state index in [-0.39, 0.29) is 15.8 Å². The molecule has 0 aliphatic rings. The van der Waals surface area contributed by atoms with Gasteiger partial charge in [0.25, 0.3) is 5.91 Å². The number of benzene rings is 1. The monoisotopic (exact) mass is 1000 g/mol. The van der Waals surface area contributed by atoms with E-state index in [1.165, 1.54) is 28.7 Å². The van der Waals surface area contributed by atoms with Gasteiger partial charge in [-0.05, 0) is 13.8 Å². The number of aliphatic hydroxyl groups excluding tert-OH is 1. The number of ketones is 1. The molecule has 0 unspecified atom stereocenters. The van der Waals surface area contributed by atoms with Crippen LogP contribution >= 0.6 is 0 Å². The number of nitrogen functional groups attached to an aromatic ring is 1. The summed E-state index contributed by atoms with van der Waals surface area (Å²) in [6.07, 6.45) is 3.66. The molecule has 0 spiro atoms. The molecule has 0 atom stereocenters. The Kier molecular flexibility index (Phi) is 17.5. The second kappa shape index (κ2) is 19.9. The zero-order valence-corrected chi connectivity index (χ0v) is 34.5. The molecule has 258 valence electrons. The molecule has 6 N–H and O–H groups in total. The standard InChI is InChI=1S/C15H16N4O3.C10H14O2.C7H12N4O.2W/c1-9-10(2)18-19(3)13(9)15(22)17-16-14(21)12-6-4-5-11(7-12)8-20;1-5-10(9(3)11)6-8(2)7-12-4;1-4-5(2)10-11(3)6(4)7(12)9-8;;/h4-7,20H,1-3H3,(H,16,21)(H,17,22);5-6H,1-4H3;8H2,1-3H3,(H,9,12);;/b;8-6+,10-5+;;;. The van der Waals surface area contributed by atoms with Crippen molar-refractivity contribution in [1.82, 2.24) is 35.8 Å². The summed E-state index contributed by atoms with van der Waals surface area (Å²) in [5, 5.41) is 17.7. The van der Waals surface area contributed by atoms with E-state index < -0.39 is 11.8 Å². The van der Waals surface area contributed by atoms with Crippen molar-refractivity contribution in [2.45, 2.75) is 48.5 Å². The number of rotatable bonds is 8. The van der Waals surface area contributed by atoms with Gasteiger partial charge in [0.1, 0.15) is 5.69 Å².